The Morgan fingerprint density at radius 1 is 1.88 bits per heavy atom. The molecule has 0 aliphatic carbocycles. The molecule has 0 aromatic carbocycles. The zero-order valence-corrected chi connectivity index (χ0v) is 3.89. The van der Waals surface area contributed by atoms with Crippen molar-refractivity contribution in [3.05, 3.63) is 6.54 Å². The van der Waals surface area contributed by atoms with Crippen LogP contribution in [-0.2, 0) is 4.79 Å². The largest absolute Gasteiger partial charge is 0.271 e. The predicted octanol–water partition coefficient (Wildman–Crippen LogP) is -0.300. The van der Waals surface area contributed by atoms with Gasteiger partial charge in [-0.2, -0.15) is 0 Å². The maximum atomic E-state index is 11.5. The smallest absolute Gasteiger partial charge is 0.264 e. The van der Waals surface area contributed by atoms with Crippen molar-refractivity contribution in [2.45, 2.75) is 0 Å². The molecule has 0 unspecified atom stereocenters. The fourth-order valence-corrected chi connectivity index (χ4v) is 0.320. The topological polar surface area (TPSA) is 32.7 Å². The number of nitrogens with zero attached hydrogens (tertiary/aromatic N) is 2. The summed E-state index contributed by atoms with van der Waals surface area (Å²) in [5, 5.41) is 0. The normalized spacial score (nSPS) is 18.1. The van der Waals surface area contributed by atoms with Crippen LogP contribution in [0.4, 0.5) is 4.39 Å². The lowest BCUT2D eigenvalue weighted by atomic mass is 10.6. The van der Waals surface area contributed by atoms with E-state index in [1.807, 2.05) is 6.54 Å². The summed E-state index contributed by atoms with van der Waals surface area (Å²) in [6, 6.07) is 0. The van der Waals surface area contributed by atoms with Crippen LogP contribution in [0, 0.1) is 6.54 Å². The van der Waals surface area contributed by atoms with Crippen LogP contribution >= 0.6 is 0 Å². The van der Waals surface area contributed by atoms with E-state index in [4.69, 9.17) is 0 Å². The van der Waals surface area contributed by atoms with E-state index in [-0.39, 0.29) is 0 Å². The molecule has 1 heterocycles. The van der Waals surface area contributed by atoms with Gasteiger partial charge in [-0.25, -0.2) is 9.38 Å². The Balaban J connectivity index is 2.53. The zero-order valence-electron chi connectivity index (χ0n) is 3.89. The average molecular weight is 113 g/mol. The van der Waals surface area contributed by atoms with Gasteiger partial charge in [0.2, 0.25) is 6.54 Å². The highest BCUT2D eigenvalue weighted by Gasteiger charge is 2.17. The molecule has 0 saturated carbocycles. The Bertz CT molecular complexity index is 134. The Morgan fingerprint density at radius 2 is 2.62 bits per heavy atom. The molecule has 4 heteroatoms. The average Bonchev–Trinajstić information content (AvgIpc) is 2.14. The monoisotopic (exact) mass is 113 g/mol. The molecule has 0 N–H and O–H groups in total. The Morgan fingerprint density at radius 3 is 2.88 bits per heavy atom. The third kappa shape index (κ3) is 0.685. The highest BCUT2D eigenvalue weighted by molar-refractivity contribution is 5.98. The molecular formula is C4H2FN2O. The highest BCUT2D eigenvalue weighted by atomic mass is 19.1. The van der Waals surface area contributed by atoms with Crippen molar-refractivity contribution in [3.63, 3.8) is 0 Å². The summed E-state index contributed by atoms with van der Waals surface area (Å²) in [6.45, 7) is 1.10. The van der Waals surface area contributed by atoms with Crippen LogP contribution in [0.15, 0.2) is 4.99 Å². The molecule has 0 spiro atoms. The third-order valence-electron chi connectivity index (χ3n) is 0.687. The van der Waals surface area contributed by atoms with Crippen molar-refractivity contribution in [3.8, 4) is 0 Å². The molecule has 1 aliphatic rings. The summed E-state index contributed by atoms with van der Waals surface area (Å²) in [6.07, 6.45) is 2.08. The second-order valence-electron chi connectivity index (χ2n) is 1.18. The first-order valence-electron chi connectivity index (χ1n) is 1.93. The van der Waals surface area contributed by atoms with Crippen molar-refractivity contribution in [2.24, 2.45) is 4.99 Å². The number of aliphatic imine (C=N–C) groups is 1. The summed E-state index contributed by atoms with van der Waals surface area (Å²) in [7, 11) is 0. The van der Waals surface area contributed by atoms with Crippen LogP contribution in [0.25, 0.3) is 0 Å². The van der Waals surface area contributed by atoms with Gasteiger partial charge >= 0.3 is 0 Å². The number of rotatable bonds is 1. The maximum absolute atomic E-state index is 11.5. The Labute approximate surface area is 45.8 Å². The van der Waals surface area contributed by atoms with Gasteiger partial charge in [0.15, 0.2) is 13.1 Å². The first-order chi connectivity index (χ1) is 3.84. The molecule has 0 bridgehead atoms. The van der Waals surface area contributed by atoms with E-state index < -0.39 is 12.7 Å². The molecule has 0 fully saturated rings. The molecule has 0 atom stereocenters. The molecule has 0 saturated heterocycles. The third-order valence-corrected chi connectivity index (χ3v) is 0.687. The van der Waals surface area contributed by atoms with E-state index in [9.17, 15) is 9.18 Å². The molecule has 1 amide bonds. The number of amides is 1. The molecule has 1 rings (SSSR count). The van der Waals surface area contributed by atoms with Crippen molar-refractivity contribution in [1.82, 2.24) is 4.90 Å². The molecule has 1 aliphatic heterocycles. The number of hydrogen-bond acceptors (Lipinski definition) is 2. The van der Waals surface area contributed by atoms with Gasteiger partial charge in [-0.05, 0) is 0 Å². The lowest BCUT2D eigenvalue weighted by Gasteiger charge is -2.00. The summed E-state index contributed by atoms with van der Waals surface area (Å²) >= 11 is 0. The fourth-order valence-electron chi connectivity index (χ4n) is 0.320. The van der Waals surface area contributed by atoms with Gasteiger partial charge in [0.1, 0.15) is 0 Å². The van der Waals surface area contributed by atoms with Crippen LogP contribution in [-0.4, -0.2) is 23.9 Å². The van der Waals surface area contributed by atoms with Gasteiger partial charge in [0.25, 0.3) is 5.91 Å². The zero-order chi connectivity index (χ0) is 5.98. The summed E-state index contributed by atoms with van der Waals surface area (Å²) in [5.74, 6) is -0.576. The standard InChI is InChI=1S/C4H2FN2O/c5-2-7-3-6-1-4(7)8/h2H2. The van der Waals surface area contributed by atoms with E-state index in [0.717, 1.165) is 0 Å². The predicted molar refractivity (Wildman–Crippen MR) is 23.5 cm³/mol. The van der Waals surface area contributed by atoms with Crippen molar-refractivity contribution in [2.75, 3.05) is 6.80 Å². The van der Waals surface area contributed by atoms with Gasteiger partial charge in [-0.15, -0.1) is 0 Å². The van der Waals surface area contributed by atoms with Gasteiger partial charge in [0.05, 0.1) is 0 Å². The minimum atomic E-state index is -0.880. The minimum Gasteiger partial charge on any atom is -0.271 e. The van der Waals surface area contributed by atoms with Gasteiger partial charge in [-0.3, -0.25) is 9.69 Å². The Hall–Kier alpha value is -0.930. The number of hydrogen-bond donors (Lipinski definition) is 0. The maximum Gasteiger partial charge on any atom is 0.264 e. The second-order valence-corrected chi connectivity index (χ2v) is 1.18. The summed E-state index contributed by atoms with van der Waals surface area (Å²) in [4.78, 5) is 14.1. The van der Waals surface area contributed by atoms with E-state index in [1.54, 1.807) is 0 Å². The molecule has 0 aromatic heterocycles. The van der Waals surface area contributed by atoms with Crippen molar-refractivity contribution < 1.29 is 9.18 Å². The lowest BCUT2D eigenvalue weighted by Crippen LogP contribution is -2.22. The number of alkyl halides is 1. The Kier molecular flexibility index (Phi) is 1.24. The number of carbonyl (C=O) groups is 1. The van der Waals surface area contributed by atoms with Crippen LogP contribution in [0.5, 0.6) is 0 Å². The molecule has 3 nitrogen and oxygen atoms in total. The molecule has 8 heavy (non-hydrogen) atoms. The molecular weight excluding hydrogens is 111 g/mol. The van der Waals surface area contributed by atoms with Crippen LogP contribution < -0.4 is 0 Å². The van der Waals surface area contributed by atoms with Crippen LogP contribution in [0.3, 0.4) is 0 Å². The molecule has 0 aromatic rings. The van der Waals surface area contributed by atoms with Crippen LogP contribution in [0.1, 0.15) is 0 Å². The van der Waals surface area contributed by atoms with Crippen molar-refractivity contribution in [1.29, 1.82) is 0 Å². The quantitative estimate of drug-likeness (QED) is 0.429. The highest BCUT2D eigenvalue weighted by Crippen LogP contribution is 1.98. The van der Waals surface area contributed by atoms with Crippen LogP contribution in [0.2, 0.25) is 0 Å². The summed E-state index contributed by atoms with van der Waals surface area (Å²) < 4.78 is 11.5. The first-order valence-corrected chi connectivity index (χ1v) is 1.93. The van der Waals surface area contributed by atoms with E-state index >= 15 is 0 Å². The summed E-state index contributed by atoms with van der Waals surface area (Å²) in [5.41, 5.74) is 0. The van der Waals surface area contributed by atoms with Crippen molar-refractivity contribution >= 4 is 12.2 Å². The SMILES string of the molecule is O=C1[C]N=[C]N1CF. The van der Waals surface area contributed by atoms with Gasteiger partial charge in [-0.1, -0.05) is 0 Å². The molecule has 3 radical (unpaired) electrons. The van der Waals surface area contributed by atoms with E-state index in [0.29, 0.717) is 4.90 Å². The van der Waals surface area contributed by atoms with Gasteiger partial charge < -0.3 is 0 Å². The number of carbonyl (C=O) groups excluding carboxylic acids is 1. The lowest BCUT2D eigenvalue weighted by molar-refractivity contribution is -0.124. The molecule has 41 valence electrons. The second kappa shape index (κ2) is 1.90. The fraction of sp³-hybridized carbons (Fsp3) is 0.250. The van der Waals surface area contributed by atoms with E-state index in [2.05, 4.69) is 11.3 Å². The minimum absolute atomic E-state index is 0.576. The number of halogens is 1. The van der Waals surface area contributed by atoms with Gasteiger partial charge in [0, 0.05) is 0 Å². The van der Waals surface area contributed by atoms with E-state index in [1.165, 1.54) is 0 Å². The first kappa shape index (κ1) is 5.21.